The Kier molecular flexibility index (Phi) is 2.78. The second kappa shape index (κ2) is 4.01. The van der Waals surface area contributed by atoms with Crippen LogP contribution in [0.5, 0.6) is 0 Å². The van der Waals surface area contributed by atoms with Crippen molar-refractivity contribution in [1.82, 2.24) is 0 Å². The van der Waals surface area contributed by atoms with E-state index in [1.165, 1.54) is 0 Å². The third kappa shape index (κ3) is 1.63. The first-order valence-electron chi connectivity index (χ1n) is 6.92. The lowest BCUT2D eigenvalue weighted by atomic mass is 9.35. The zero-order valence-electron chi connectivity index (χ0n) is 11.6. The Hall–Kier alpha value is -1.63. The van der Waals surface area contributed by atoms with E-state index in [2.05, 4.69) is 0 Å². The van der Waals surface area contributed by atoms with Crippen LogP contribution in [-0.2, 0) is 19.2 Å². The highest BCUT2D eigenvalue weighted by Gasteiger charge is 2.76. The van der Waals surface area contributed by atoms with Gasteiger partial charge in [0.1, 0.15) is 0 Å². The maximum Gasteiger partial charge on any atom is 0.309 e. The minimum absolute atomic E-state index is 0.0816. The SMILES string of the molecule is O=C(O)C12CC3(C(=O)O)CC(C(=O)O)(C1)CC(C(=O)Cl)(C2)C3. The Balaban J connectivity index is 2.26. The van der Waals surface area contributed by atoms with Gasteiger partial charge in [-0.25, -0.2) is 0 Å². The van der Waals surface area contributed by atoms with Crippen LogP contribution in [0.3, 0.4) is 0 Å². The summed E-state index contributed by atoms with van der Waals surface area (Å²) in [4.78, 5) is 47.4. The van der Waals surface area contributed by atoms with Gasteiger partial charge in [-0.3, -0.25) is 19.2 Å². The molecule has 4 fully saturated rings. The lowest BCUT2D eigenvalue weighted by Crippen LogP contribution is -2.68. The van der Waals surface area contributed by atoms with E-state index in [9.17, 15) is 34.5 Å². The Morgan fingerprint density at radius 2 is 0.818 bits per heavy atom. The quantitative estimate of drug-likeness (QED) is 0.663. The van der Waals surface area contributed by atoms with Crippen LogP contribution < -0.4 is 0 Å². The number of rotatable bonds is 4. The molecule has 0 saturated heterocycles. The molecule has 4 bridgehead atoms. The molecule has 0 heterocycles. The van der Waals surface area contributed by atoms with E-state index in [1.807, 2.05) is 0 Å². The molecule has 7 nitrogen and oxygen atoms in total. The predicted octanol–water partition coefficient (Wildman–Crippen LogP) is 1.33. The van der Waals surface area contributed by atoms with Crippen LogP contribution in [0, 0.1) is 21.7 Å². The Morgan fingerprint density at radius 1 is 0.591 bits per heavy atom. The first kappa shape index (κ1) is 15.3. The molecule has 0 aromatic rings. The molecule has 4 saturated carbocycles. The van der Waals surface area contributed by atoms with Gasteiger partial charge < -0.3 is 15.3 Å². The molecule has 3 N–H and O–H groups in total. The highest BCUT2D eigenvalue weighted by molar-refractivity contribution is 6.64. The van der Waals surface area contributed by atoms with Crippen LogP contribution in [0.25, 0.3) is 0 Å². The van der Waals surface area contributed by atoms with Gasteiger partial charge in [0.25, 0.3) is 0 Å². The molecular formula is C14H15ClO7. The Bertz CT molecular complexity index is 481. The molecule has 0 spiro atoms. The fourth-order valence-electron chi connectivity index (χ4n) is 5.53. The number of carboxylic acids is 3. The summed E-state index contributed by atoms with van der Waals surface area (Å²) in [6, 6.07) is 0. The zero-order valence-corrected chi connectivity index (χ0v) is 12.4. The number of halogens is 1. The number of carbonyl (C=O) groups is 4. The van der Waals surface area contributed by atoms with Gasteiger partial charge in [-0.1, -0.05) is 0 Å². The number of hydrogen-bond acceptors (Lipinski definition) is 4. The van der Waals surface area contributed by atoms with Gasteiger partial charge in [0.15, 0.2) is 0 Å². The van der Waals surface area contributed by atoms with Gasteiger partial charge in [0.05, 0.1) is 16.2 Å². The van der Waals surface area contributed by atoms with Crippen LogP contribution in [-0.4, -0.2) is 38.5 Å². The van der Waals surface area contributed by atoms with Crippen molar-refractivity contribution in [2.75, 3.05) is 0 Å². The summed E-state index contributed by atoms with van der Waals surface area (Å²) < 4.78 is 0. The van der Waals surface area contributed by atoms with Crippen molar-refractivity contribution in [3.8, 4) is 0 Å². The molecular weight excluding hydrogens is 316 g/mol. The predicted molar refractivity (Wildman–Crippen MR) is 71.2 cm³/mol. The van der Waals surface area contributed by atoms with E-state index in [4.69, 9.17) is 11.6 Å². The zero-order chi connectivity index (χ0) is 16.6. The molecule has 0 aromatic carbocycles. The van der Waals surface area contributed by atoms with Crippen molar-refractivity contribution in [2.24, 2.45) is 21.7 Å². The molecule has 0 radical (unpaired) electrons. The summed E-state index contributed by atoms with van der Waals surface area (Å²) in [5.41, 5.74) is -5.94. The molecule has 4 rings (SSSR count). The fourth-order valence-corrected chi connectivity index (χ4v) is 5.73. The first-order chi connectivity index (χ1) is 10.0. The second-order valence-corrected chi connectivity index (χ2v) is 7.71. The van der Waals surface area contributed by atoms with E-state index in [0.717, 1.165) is 0 Å². The molecule has 4 aliphatic rings. The van der Waals surface area contributed by atoms with Crippen LogP contribution in [0.4, 0.5) is 0 Å². The summed E-state index contributed by atoms with van der Waals surface area (Å²) in [7, 11) is 0. The second-order valence-electron chi connectivity index (χ2n) is 7.37. The smallest absolute Gasteiger partial charge is 0.309 e. The van der Waals surface area contributed by atoms with Crippen LogP contribution in [0.15, 0.2) is 0 Å². The maximum atomic E-state index is 12.0. The Labute approximate surface area is 130 Å². The molecule has 8 heteroatoms. The van der Waals surface area contributed by atoms with Crippen molar-refractivity contribution in [3.05, 3.63) is 0 Å². The number of aliphatic carboxylic acids is 3. The average Bonchev–Trinajstić information content (AvgIpc) is 2.36. The number of carbonyl (C=O) groups excluding carboxylic acids is 1. The number of carboxylic acid groups (broad SMARTS) is 3. The van der Waals surface area contributed by atoms with E-state index in [0.29, 0.717) is 0 Å². The van der Waals surface area contributed by atoms with Crippen molar-refractivity contribution in [3.63, 3.8) is 0 Å². The molecule has 22 heavy (non-hydrogen) atoms. The minimum Gasteiger partial charge on any atom is -0.481 e. The van der Waals surface area contributed by atoms with E-state index >= 15 is 0 Å². The summed E-state index contributed by atoms with van der Waals surface area (Å²) >= 11 is 5.68. The van der Waals surface area contributed by atoms with Gasteiger partial charge in [-0.05, 0) is 50.1 Å². The molecule has 4 aliphatic carbocycles. The normalized spacial score (nSPS) is 45.5. The van der Waals surface area contributed by atoms with Gasteiger partial charge in [0, 0.05) is 5.41 Å². The number of hydrogen-bond donors (Lipinski definition) is 3. The summed E-state index contributed by atoms with van der Waals surface area (Å²) in [5.74, 6) is -3.74. The monoisotopic (exact) mass is 330 g/mol. The summed E-state index contributed by atoms with van der Waals surface area (Å²) in [5, 5.41) is 28.1. The molecule has 0 unspecified atom stereocenters. The Morgan fingerprint density at radius 3 is 1.00 bits per heavy atom. The van der Waals surface area contributed by atoms with E-state index in [1.54, 1.807) is 0 Å². The maximum absolute atomic E-state index is 12.0. The molecule has 0 amide bonds. The topological polar surface area (TPSA) is 129 Å². The van der Waals surface area contributed by atoms with Crippen molar-refractivity contribution >= 4 is 34.8 Å². The first-order valence-corrected chi connectivity index (χ1v) is 7.30. The lowest BCUT2D eigenvalue weighted by Gasteiger charge is -2.65. The van der Waals surface area contributed by atoms with Crippen LogP contribution in [0.2, 0.25) is 0 Å². The van der Waals surface area contributed by atoms with Gasteiger partial charge in [0.2, 0.25) is 5.24 Å². The highest BCUT2D eigenvalue weighted by atomic mass is 35.5. The van der Waals surface area contributed by atoms with Crippen molar-refractivity contribution in [1.29, 1.82) is 0 Å². The molecule has 0 atom stereocenters. The molecule has 0 aliphatic heterocycles. The standard InChI is InChI=1S/C14H15ClO7/c15-7(16)11-1-12(8(17)18)4-13(2-11,9(19)20)6-14(3-11,5-12)10(21)22/h1-6H2,(H,17,18)(H,19,20)(H,21,22). The highest BCUT2D eigenvalue weighted by Crippen LogP contribution is 2.74. The van der Waals surface area contributed by atoms with E-state index < -0.39 is 44.8 Å². The van der Waals surface area contributed by atoms with Crippen LogP contribution >= 0.6 is 11.6 Å². The summed E-state index contributed by atoms with van der Waals surface area (Å²) in [6.45, 7) is 0. The van der Waals surface area contributed by atoms with Crippen molar-refractivity contribution < 1.29 is 34.5 Å². The summed E-state index contributed by atoms with van der Waals surface area (Å²) in [6.07, 6.45) is -0.686. The van der Waals surface area contributed by atoms with Gasteiger partial charge >= 0.3 is 17.9 Å². The third-order valence-corrected chi connectivity index (χ3v) is 6.24. The van der Waals surface area contributed by atoms with Crippen LogP contribution in [0.1, 0.15) is 38.5 Å². The average molecular weight is 331 g/mol. The van der Waals surface area contributed by atoms with Gasteiger partial charge in [-0.2, -0.15) is 0 Å². The van der Waals surface area contributed by atoms with Crippen molar-refractivity contribution in [2.45, 2.75) is 38.5 Å². The van der Waals surface area contributed by atoms with Gasteiger partial charge in [-0.15, -0.1) is 0 Å². The minimum atomic E-state index is -1.52. The third-order valence-electron chi connectivity index (χ3n) is 5.84. The molecule has 0 aromatic heterocycles. The van der Waals surface area contributed by atoms with E-state index in [-0.39, 0.29) is 38.5 Å². The lowest BCUT2D eigenvalue weighted by molar-refractivity contribution is -0.222. The largest absolute Gasteiger partial charge is 0.481 e. The fraction of sp³-hybridized carbons (Fsp3) is 0.714. The molecule has 120 valence electrons.